The van der Waals surface area contributed by atoms with Gasteiger partial charge in [0, 0.05) is 44.4 Å². The van der Waals surface area contributed by atoms with E-state index in [0.717, 1.165) is 31.8 Å². The Morgan fingerprint density at radius 1 is 1.31 bits per heavy atom. The van der Waals surface area contributed by atoms with Gasteiger partial charge in [0.1, 0.15) is 12.4 Å². The number of amides is 1. The molecule has 2 heterocycles. The normalized spacial score (nSPS) is 20.5. The van der Waals surface area contributed by atoms with Crippen LogP contribution in [0.1, 0.15) is 37.6 Å². The quantitative estimate of drug-likeness (QED) is 0.800. The number of nitrogens with zero attached hydrogens (tertiary/aromatic N) is 3. The molecular formula is C21H29N3O2. The molecule has 0 spiro atoms. The fourth-order valence-electron chi connectivity index (χ4n) is 3.86. The average Bonchev–Trinajstić information content (AvgIpc) is 3.11. The molecule has 0 aliphatic carbocycles. The van der Waals surface area contributed by atoms with Crippen molar-refractivity contribution in [2.75, 3.05) is 20.2 Å². The van der Waals surface area contributed by atoms with E-state index in [2.05, 4.69) is 43.1 Å². The van der Waals surface area contributed by atoms with E-state index in [0.29, 0.717) is 18.4 Å². The Morgan fingerprint density at radius 2 is 2.08 bits per heavy atom. The minimum atomic E-state index is 0.164. The molecule has 1 amide bonds. The maximum absolute atomic E-state index is 12.9. The van der Waals surface area contributed by atoms with Crippen LogP contribution in [0.15, 0.2) is 42.7 Å². The average molecular weight is 355 g/mol. The number of carbonyl (C=O) groups excluding carboxylic acids is 1. The van der Waals surface area contributed by atoms with Crippen molar-refractivity contribution >= 4 is 5.91 Å². The molecule has 1 aromatic heterocycles. The first kappa shape index (κ1) is 18.6. The lowest BCUT2D eigenvalue weighted by molar-refractivity contribution is -0.136. The largest absolute Gasteiger partial charge is 0.381 e. The van der Waals surface area contributed by atoms with Gasteiger partial charge in [-0.3, -0.25) is 4.79 Å². The van der Waals surface area contributed by atoms with Gasteiger partial charge in [-0.15, -0.1) is 0 Å². The highest BCUT2D eigenvalue weighted by Crippen LogP contribution is 2.24. The second-order valence-corrected chi connectivity index (χ2v) is 7.42. The summed E-state index contributed by atoms with van der Waals surface area (Å²) < 4.78 is 7.68. The van der Waals surface area contributed by atoms with Crippen LogP contribution in [0.2, 0.25) is 0 Å². The summed E-state index contributed by atoms with van der Waals surface area (Å²) in [6.07, 6.45) is 5.71. The van der Waals surface area contributed by atoms with E-state index < -0.39 is 0 Å². The van der Waals surface area contributed by atoms with Gasteiger partial charge in [0.25, 0.3) is 0 Å². The first-order valence-corrected chi connectivity index (χ1v) is 9.44. The van der Waals surface area contributed by atoms with Crippen molar-refractivity contribution in [1.82, 2.24) is 14.5 Å². The molecule has 2 atom stereocenters. The number of methoxy groups -OCH3 is 1. The summed E-state index contributed by atoms with van der Waals surface area (Å²) in [6.45, 7) is 6.07. The Morgan fingerprint density at radius 3 is 2.77 bits per heavy atom. The molecule has 1 aromatic carbocycles. The van der Waals surface area contributed by atoms with Crippen LogP contribution in [0, 0.1) is 5.92 Å². The number of rotatable bonds is 6. The maximum atomic E-state index is 12.9. The topological polar surface area (TPSA) is 47.4 Å². The van der Waals surface area contributed by atoms with E-state index in [4.69, 9.17) is 4.74 Å². The lowest BCUT2D eigenvalue weighted by atomic mass is 9.88. The van der Waals surface area contributed by atoms with Gasteiger partial charge in [0.15, 0.2) is 0 Å². The summed E-state index contributed by atoms with van der Waals surface area (Å²) in [6, 6.07) is 10.5. The summed E-state index contributed by atoms with van der Waals surface area (Å²) in [4.78, 5) is 19.2. The molecule has 140 valence electrons. The van der Waals surface area contributed by atoms with Crippen molar-refractivity contribution in [1.29, 1.82) is 0 Å². The Kier molecular flexibility index (Phi) is 6.09. The monoisotopic (exact) mass is 355 g/mol. The second-order valence-electron chi connectivity index (χ2n) is 7.42. The van der Waals surface area contributed by atoms with Gasteiger partial charge in [-0.25, -0.2) is 4.98 Å². The number of hydrogen-bond donors (Lipinski definition) is 0. The highest BCUT2D eigenvalue weighted by atomic mass is 16.5. The number of carbonyl (C=O) groups is 1. The van der Waals surface area contributed by atoms with Crippen molar-refractivity contribution in [2.24, 2.45) is 5.92 Å². The molecule has 0 saturated carbocycles. The summed E-state index contributed by atoms with van der Waals surface area (Å²) in [5, 5.41) is 0. The third-order valence-corrected chi connectivity index (χ3v) is 5.23. The van der Waals surface area contributed by atoms with E-state index in [-0.39, 0.29) is 12.0 Å². The molecule has 0 N–H and O–H groups in total. The number of piperidine rings is 1. The molecule has 0 bridgehead atoms. The maximum Gasteiger partial charge on any atom is 0.242 e. The number of benzene rings is 1. The fraction of sp³-hybridized carbons (Fsp3) is 0.524. The van der Waals surface area contributed by atoms with Gasteiger partial charge in [0.05, 0.1) is 6.10 Å². The lowest BCUT2D eigenvalue weighted by Crippen LogP contribution is -2.48. The Bertz CT molecular complexity index is 711. The SMILES string of the molecule is CO[C@@H]1CCN(C(=O)Cn2ccnc2C(C)C)C[C@H]1Cc1ccccc1. The number of likely N-dealkylation sites (tertiary alicyclic amines) is 1. The first-order chi connectivity index (χ1) is 12.6. The number of ether oxygens (including phenoxy) is 1. The van der Waals surface area contributed by atoms with E-state index >= 15 is 0 Å². The zero-order valence-electron chi connectivity index (χ0n) is 16.0. The second kappa shape index (κ2) is 8.49. The molecule has 1 aliphatic rings. The predicted molar refractivity (Wildman–Crippen MR) is 102 cm³/mol. The third-order valence-electron chi connectivity index (χ3n) is 5.23. The number of imidazole rings is 1. The standard InChI is InChI=1S/C21H29N3O2/c1-16(2)21-22-10-12-24(21)15-20(25)23-11-9-19(26-3)18(14-23)13-17-7-5-4-6-8-17/h4-8,10,12,16,18-19H,9,11,13-15H2,1-3H3/t18-,19-/m1/s1. The summed E-state index contributed by atoms with van der Waals surface area (Å²) in [5.74, 6) is 1.76. The Labute approximate surface area is 156 Å². The lowest BCUT2D eigenvalue weighted by Gasteiger charge is -2.38. The van der Waals surface area contributed by atoms with Gasteiger partial charge in [-0.05, 0) is 18.4 Å². The zero-order chi connectivity index (χ0) is 18.5. The predicted octanol–water partition coefficient (Wildman–Crippen LogP) is 3.11. The minimum absolute atomic E-state index is 0.164. The molecule has 2 aromatic rings. The fourth-order valence-corrected chi connectivity index (χ4v) is 3.86. The molecule has 0 unspecified atom stereocenters. The van der Waals surface area contributed by atoms with E-state index in [1.54, 1.807) is 13.3 Å². The summed E-state index contributed by atoms with van der Waals surface area (Å²) >= 11 is 0. The van der Waals surface area contributed by atoms with Crippen LogP contribution >= 0.6 is 0 Å². The molecule has 1 fully saturated rings. The Balaban J connectivity index is 1.66. The van der Waals surface area contributed by atoms with Crippen molar-refractivity contribution in [3.8, 4) is 0 Å². The highest BCUT2D eigenvalue weighted by molar-refractivity contribution is 5.76. The van der Waals surface area contributed by atoms with Crippen molar-refractivity contribution in [3.63, 3.8) is 0 Å². The highest BCUT2D eigenvalue weighted by Gasteiger charge is 2.31. The van der Waals surface area contributed by atoms with Crippen molar-refractivity contribution in [2.45, 2.75) is 45.3 Å². The van der Waals surface area contributed by atoms with Crippen molar-refractivity contribution < 1.29 is 9.53 Å². The van der Waals surface area contributed by atoms with Gasteiger partial charge in [0.2, 0.25) is 5.91 Å². The summed E-state index contributed by atoms with van der Waals surface area (Å²) in [5.41, 5.74) is 1.30. The van der Waals surface area contributed by atoms with Gasteiger partial charge in [-0.2, -0.15) is 0 Å². The van der Waals surface area contributed by atoms with Crippen LogP contribution in [-0.2, 0) is 22.5 Å². The molecule has 26 heavy (non-hydrogen) atoms. The smallest absolute Gasteiger partial charge is 0.242 e. The molecular weight excluding hydrogens is 326 g/mol. The van der Waals surface area contributed by atoms with E-state index in [1.807, 2.05) is 21.7 Å². The van der Waals surface area contributed by atoms with Gasteiger partial charge < -0.3 is 14.2 Å². The van der Waals surface area contributed by atoms with Gasteiger partial charge >= 0.3 is 0 Å². The summed E-state index contributed by atoms with van der Waals surface area (Å²) in [7, 11) is 1.78. The Hall–Kier alpha value is -2.14. The molecule has 1 saturated heterocycles. The molecule has 5 nitrogen and oxygen atoms in total. The molecule has 5 heteroatoms. The number of aromatic nitrogens is 2. The molecule has 3 rings (SSSR count). The van der Waals surface area contributed by atoms with Crippen LogP contribution in [-0.4, -0.2) is 46.7 Å². The zero-order valence-corrected chi connectivity index (χ0v) is 16.0. The molecule has 0 radical (unpaired) electrons. The third kappa shape index (κ3) is 4.33. The minimum Gasteiger partial charge on any atom is -0.381 e. The van der Waals surface area contributed by atoms with E-state index in [9.17, 15) is 4.79 Å². The van der Waals surface area contributed by atoms with Crippen LogP contribution in [0.3, 0.4) is 0 Å². The number of hydrogen-bond acceptors (Lipinski definition) is 3. The van der Waals surface area contributed by atoms with Crippen LogP contribution in [0.5, 0.6) is 0 Å². The van der Waals surface area contributed by atoms with Crippen molar-refractivity contribution in [3.05, 3.63) is 54.1 Å². The first-order valence-electron chi connectivity index (χ1n) is 9.44. The molecule has 1 aliphatic heterocycles. The van der Waals surface area contributed by atoms with Gasteiger partial charge in [-0.1, -0.05) is 44.2 Å². The van der Waals surface area contributed by atoms with E-state index in [1.165, 1.54) is 5.56 Å². The van der Waals surface area contributed by atoms with Crippen LogP contribution in [0.25, 0.3) is 0 Å². The van der Waals surface area contributed by atoms with Crippen LogP contribution in [0.4, 0.5) is 0 Å². The van der Waals surface area contributed by atoms with Crippen LogP contribution < -0.4 is 0 Å².